The summed E-state index contributed by atoms with van der Waals surface area (Å²) in [4.78, 5) is 4.38. The molecular formula is C10H17N3O2. The Morgan fingerprint density at radius 2 is 2.33 bits per heavy atom. The Hall–Kier alpha value is -0.940. The fourth-order valence-corrected chi connectivity index (χ4v) is 1.61. The molecule has 5 nitrogen and oxygen atoms in total. The van der Waals surface area contributed by atoms with Gasteiger partial charge >= 0.3 is 0 Å². The van der Waals surface area contributed by atoms with E-state index >= 15 is 0 Å². The molecule has 1 aromatic heterocycles. The average Bonchev–Trinajstić information content (AvgIpc) is 2.84. The van der Waals surface area contributed by atoms with Crippen LogP contribution in [0.4, 0.5) is 0 Å². The number of nitrogens with two attached hydrogens (primary N) is 1. The first-order valence-electron chi connectivity index (χ1n) is 5.39. The summed E-state index contributed by atoms with van der Waals surface area (Å²) in [7, 11) is 0. The molecule has 15 heavy (non-hydrogen) atoms. The molecule has 1 aliphatic rings. The van der Waals surface area contributed by atoms with Crippen LogP contribution in [0.5, 0.6) is 0 Å². The Morgan fingerprint density at radius 1 is 1.53 bits per heavy atom. The molecule has 3 unspecified atom stereocenters. The van der Waals surface area contributed by atoms with Gasteiger partial charge in [-0.05, 0) is 6.42 Å². The molecular weight excluding hydrogens is 194 g/mol. The molecule has 2 rings (SSSR count). The molecule has 0 spiro atoms. The lowest BCUT2D eigenvalue weighted by Crippen LogP contribution is -2.27. The zero-order valence-corrected chi connectivity index (χ0v) is 9.14. The van der Waals surface area contributed by atoms with Crippen LogP contribution < -0.4 is 5.73 Å². The minimum absolute atomic E-state index is 0.0183. The first-order valence-corrected chi connectivity index (χ1v) is 5.39. The van der Waals surface area contributed by atoms with E-state index < -0.39 is 0 Å². The van der Waals surface area contributed by atoms with Crippen molar-refractivity contribution in [1.29, 1.82) is 0 Å². The van der Waals surface area contributed by atoms with Gasteiger partial charge in [0.1, 0.15) is 0 Å². The zero-order valence-electron chi connectivity index (χ0n) is 9.14. The number of hydrogen-bond acceptors (Lipinski definition) is 5. The Morgan fingerprint density at radius 3 is 2.93 bits per heavy atom. The molecule has 1 aliphatic heterocycles. The molecule has 0 radical (unpaired) electrons. The van der Waals surface area contributed by atoms with E-state index in [2.05, 4.69) is 24.0 Å². The highest BCUT2D eigenvalue weighted by atomic mass is 16.5. The highest BCUT2D eigenvalue weighted by molar-refractivity contribution is 5.03. The van der Waals surface area contributed by atoms with Crippen LogP contribution in [0.25, 0.3) is 0 Å². The first kappa shape index (κ1) is 10.6. The van der Waals surface area contributed by atoms with Crippen LogP contribution in [-0.4, -0.2) is 29.4 Å². The van der Waals surface area contributed by atoms with Gasteiger partial charge in [0.25, 0.3) is 0 Å². The van der Waals surface area contributed by atoms with Crippen molar-refractivity contribution in [2.75, 3.05) is 13.2 Å². The molecule has 5 heteroatoms. The smallest absolute Gasteiger partial charge is 0.233 e. The van der Waals surface area contributed by atoms with Gasteiger partial charge in [-0.2, -0.15) is 4.98 Å². The van der Waals surface area contributed by atoms with E-state index in [4.69, 9.17) is 15.0 Å². The van der Waals surface area contributed by atoms with Gasteiger partial charge in [-0.3, -0.25) is 0 Å². The quantitative estimate of drug-likeness (QED) is 0.808. The Bertz CT molecular complexity index is 326. The summed E-state index contributed by atoms with van der Waals surface area (Å²) in [6, 6.07) is -0.0183. The molecule has 84 valence electrons. The molecule has 1 aromatic rings. The minimum Gasteiger partial charge on any atom is -0.379 e. The maximum atomic E-state index is 5.88. The molecule has 2 heterocycles. The van der Waals surface area contributed by atoms with Crippen molar-refractivity contribution in [2.45, 2.75) is 38.1 Å². The van der Waals surface area contributed by atoms with Gasteiger partial charge in [0.05, 0.1) is 19.1 Å². The summed E-state index contributed by atoms with van der Waals surface area (Å²) in [5.74, 6) is 1.79. The van der Waals surface area contributed by atoms with Crippen molar-refractivity contribution < 1.29 is 9.26 Å². The second-order valence-electron chi connectivity index (χ2n) is 4.11. The zero-order chi connectivity index (χ0) is 10.8. The number of nitrogens with zero attached hydrogens (tertiary/aromatic N) is 2. The number of rotatable bonds is 3. The van der Waals surface area contributed by atoms with Crippen LogP contribution in [0, 0.1) is 0 Å². The fraction of sp³-hybridized carbons (Fsp3) is 0.800. The normalized spacial score (nSPS) is 28.2. The van der Waals surface area contributed by atoms with Crippen molar-refractivity contribution in [2.24, 2.45) is 5.73 Å². The highest BCUT2D eigenvalue weighted by Gasteiger charge is 2.31. The van der Waals surface area contributed by atoms with Crippen molar-refractivity contribution in [1.82, 2.24) is 10.1 Å². The lowest BCUT2D eigenvalue weighted by Gasteiger charge is -2.06. The summed E-state index contributed by atoms with van der Waals surface area (Å²) in [5, 5.41) is 3.97. The molecule has 0 bridgehead atoms. The second-order valence-corrected chi connectivity index (χ2v) is 4.11. The Balaban J connectivity index is 2.12. The van der Waals surface area contributed by atoms with E-state index in [0.717, 1.165) is 12.2 Å². The summed E-state index contributed by atoms with van der Waals surface area (Å²) in [6.07, 6.45) is 1.01. The number of ether oxygens (including phenoxy) is 1. The third-order valence-electron chi connectivity index (χ3n) is 2.95. The molecule has 0 aliphatic carbocycles. The van der Waals surface area contributed by atoms with Gasteiger partial charge in [-0.25, -0.2) is 0 Å². The molecule has 1 saturated heterocycles. The van der Waals surface area contributed by atoms with Gasteiger partial charge in [0, 0.05) is 12.0 Å². The minimum atomic E-state index is -0.0183. The predicted octanol–water partition coefficient (Wildman–Crippen LogP) is 1.02. The fourth-order valence-electron chi connectivity index (χ4n) is 1.61. The van der Waals surface area contributed by atoms with Crippen LogP contribution in [0.3, 0.4) is 0 Å². The van der Waals surface area contributed by atoms with Crippen LogP contribution in [0.2, 0.25) is 0 Å². The lowest BCUT2D eigenvalue weighted by molar-refractivity contribution is 0.187. The number of hydrogen-bond donors (Lipinski definition) is 1. The van der Waals surface area contributed by atoms with E-state index in [0.29, 0.717) is 25.0 Å². The molecule has 0 amide bonds. The molecule has 0 aromatic carbocycles. The van der Waals surface area contributed by atoms with Gasteiger partial charge in [-0.1, -0.05) is 19.0 Å². The van der Waals surface area contributed by atoms with Crippen LogP contribution in [-0.2, 0) is 4.74 Å². The predicted molar refractivity (Wildman–Crippen MR) is 54.5 cm³/mol. The van der Waals surface area contributed by atoms with Gasteiger partial charge < -0.3 is 15.0 Å². The third kappa shape index (κ3) is 2.03. The molecule has 1 fully saturated rings. The van der Waals surface area contributed by atoms with Crippen molar-refractivity contribution in [3.63, 3.8) is 0 Å². The van der Waals surface area contributed by atoms with Gasteiger partial charge in [0.2, 0.25) is 5.89 Å². The maximum absolute atomic E-state index is 5.88. The highest BCUT2D eigenvalue weighted by Crippen LogP contribution is 2.24. The monoisotopic (exact) mass is 211 g/mol. The summed E-state index contributed by atoms with van der Waals surface area (Å²) in [6.45, 7) is 5.35. The molecule has 2 N–H and O–H groups in total. The maximum Gasteiger partial charge on any atom is 0.233 e. The third-order valence-corrected chi connectivity index (χ3v) is 2.95. The van der Waals surface area contributed by atoms with E-state index in [9.17, 15) is 0 Å². The summed E-state index contributed by atoms with van der Waals surface area (Å²) in [5.41, 5.74) is 5.88. The van der Waals surface area contributed by atoms with E-state index in [-0.39, 0.29) is 12.0 Å². The van der Waals surface area contributed by atoms with Gasteiger partial charge in [-0.15, -0.1) is 0 Å². The van der Waals surface area contributed by atoms with Crippen LogP contribution in [0.15, 0.2) is 4.52 Å². The average molecular weight is 211 g/mol. The van der Waals surface area contributed by atoms with Gasteiger partial charge in [0.15, 0.2) is 5.82 Å². The number of aromatic nitrogens is 2. The van der Waals surface area contributed by atoms with Crippen molar-refractivity contribution in [3.8, 4) is 0 Å². The van der Waals surface area contributed by atoms with Crippen LogP contribution in [0.1, 0.15) is 43.8 Å². The summed E-state index contributed by atoms with van der Waals surface area (Å²) < 4.78 is 10.5. The standard InChI is InChI=1S/C10H17N3O2/c1-3-6(2)9-12-10(15-13-9)7-4-14-5-8(7)11/h6-8H,3-5,11H2,1-2H3. The second kappa shape index (κ2) is 4.28. The Labute approximate surface area is 89.0 Å². The first-order chi connectivity index (χ1) is 7.22. The van der Waals surface area contributed by atoms with E-state index in [1.54, 1.807) is 0 Å². The van der Waals surface area contributed by atoms with E-state index in [1.165, 1.54) is 0 Å². The molecule has 0 saturated carbocycles. The topological polar surface area (TPSA) is 74.2 Å². The lowest BCUT2D eigenvalue weighted by atomic mass is 10.0. The largest absolute Gasteiger partial charge is 0.379 e. The van der Waals surface area contributed by atoms with E-state index in [1.807, 2.05) is 0 Å². The Kier molecular flexibility index (Phi) is 3.02. The van der Waals surface area contributed by atoms with Crippen LogP contribution >= 0.6 is 0 Å². The summed E-state index contributed by atoms with van der Waals surface area (Å²) >= 11 is 0. The van der Waals surface area contributed by atoms with Crippen molar-refractivity contribution in [3.05, 3.63) is 11.7 Å². The molecule has 3 atom stereocenters. The SMILES string of the molecule is CCC(C)c1noc(C2COCC2N)n1. The van der Waals surface area contributed by atoms with Crippen molar-refractivity contribution >= 4 is 0 Å².